The van der Waals surface area contributed by atoms with Gasteiger partial charge in [-0.25, -0.2) is 0 Å². The maximum absolute atomic E-state index is 9.50. The number of ether oxygens (including phenoxy) is 2. The molecule has 1 fully saturated rings. The molecule has 2 aromatic carbocycles. The molecule has 104 valence electrons. The van der Waals surface area contributed by atoms with Crippen molar-refractivity contribution in [3.63, 3.8) is 0 Å². The van der Waals surface area contributed by atoms with Crippen molar-refractivity contribution >= 4 is 15.9 Å². The molecule has 3 atom stereocenters. The van der Waals surface area contributed by atoms with Crippen molar-refractivity contribution in [2.24, 2.45) is 0 Å². The molecule has 3 rings (SSSR count). The van der Waals surface area contributed by atoms with Gasteiger partial charge in [-0.2, -0.15) is 0 Å². The van der Waals surface area contributed by atoms with E-state index in [1.165, 1.54) is 0 Å². The van der Waals surface area contributed by atoms with Crippen molar-refractivity contribution in [2.45, 2.75) is 18.5 Å². The van der Waals surface area contributed by atoms with Gasteiger partial charge in [-0.1, -0.05) is 58.4 Å². The first-order chi connectivity index (χ1) is 9.78. The van der Waals surface area contributed by atoms with Crippen molar-refractivity contribution in [1.82, 2.24) is 0 Å². The van der Waals surface area contributed by atoms with Gasteiger partial charge in [0.15, 0.2) is 6.29 Å². The van der Waals surface area contributed by atoms with Gasteiger partial charge in [-0.15, -0.1) is 0 Å². The molecule has 20 heavy (non-hydrogen) atoms. The molecule has 1 saturated heterocycles. The zero-order chi connectivity index (χ0) is 13.9. The molecule has 0 spiro atoms. The van der Waals surface area contributed by atoms with Crippen molar-refractivity contribution in [2.75, 3.05) is 6.61 Å². The molecule has 0 amide bonds. The van der Waals surface area contributed by atoms with E-state index in [-0.39, 0.29) is 18.8 Å². The molecule has 0 saturated carbocycles. The van der Waals surface area contributed by atoms with Crippen LogP contribution in [0.4, 0.5) is 0 Å². The smallest absolute Gasteiger partial charge is 0.185 e. The third kappa shape index (κ3) is 2.79. The highest BCUT2D eigenvalue weighted by atomic mass is 79.9. The van der Waals surface area contributed by atoms with E-state index in [1.807, 2.05) is 54.6 Å². The topological polar surface area (TPSA) is 38.7 Å². The number of halogens is 1. The van der Waals surface area contributed by atoms with Gasteiger partial charge < -0.3 is 14.6 Å². The van der Waals surface area contributed by atoms with E-state index in [9.17, 15) is 5.11 Å². The van der Waals surface area contributed by atoms with Crippen LogP contribution < -0.4 is 0 Å². The molecule has 0 radical (unpaired) electrons. The predicted octanol–water partition coefficient (Wildman–Crippen LogP) is 3.60. The highest BCUT2D eigenvalue weighted by Gasteiger charge is 2.37. The second kappa shape index (κ2) is 6.06. The van der Waals surface area contributed by atoms with Crippen molar-refractivity contribution < 1.29 is 14.6 Å². The average molecular weight is 335 g/mol. The number of benzene rings is 2. The van der Waals surface area contributed by atoms with Gasteiger partial charge in [0.05, 0.1) is 6.61 Å². The summed E-state index contributed by atoms with van der Waals surface area (Å²) in [6.07, 6.45) is -1.03. The highest BCUT2D eigenvalue weighted by molar-refractivity contribution is 9.10. The van der Waals surface area contributed by atoms with Gasteiger partial charge in [-0.3, -0.25) is 0 Å². The summed E-state index contributed by atoms with van der Waals surface area (Å²) in [6.45, 7) is -0.0654. The third-order valence-corrected chi connectivity index (χ3v) is 3.89. The van der Waals surface area contributed by atoms with Crippen LogP contribution in [0.1, 0.15) is 23.5 Å². The molecule has 1 aliphatic heterocycles. The predicted molar refractivity (Wildman–Crippen MR) is 79.1 cm³/mol. The lowest BCUT2D eigenvalue weighted by Gasteiger charge is -2.14. The summed E-state index contributed by atoms with van der Waals surface area (Å²) in [7, 11) is 0. The SMILES string of the molecule is OCC1OC(c2ccccc2)OC1c1ccc(Br)cc1. The largest absolute Gasteiger partial charge is 0.394 e. The zero-order valence-corrected chi connectivity index (χ0v) is 12.4. The highest BCUT2D eigenvalue weighted by Crippen LogP contribution is 2.39. The van der Waals surface area contributed by atoms with E-state index in [1.54, 1.807) is 0 Å². The van der Waals surface area contributed by atoms with Gasteiger partial charge in [0.25, 0.3) is 0 Å². The number of rotatable bonds is 3. The summed E-state index contributed by atoms with van der Waals surface area (Å²) in [6, 6.07) is 17.7. The number of hydrogen-bond acceptors (Lipinski definition) is 3. The van der Waals surface area contributed by atoms with Gasteiger partial charge >= 0.3 is 0 Å². The van der Waals surface area contributed by atoms with Gasteiger partial charge in [0.1, 0.15) is 12.2 Å². The van der Waals surface area contributed by atoms with Crippen LogP contribution in [0.25, 0.3) is 0 Å². The van der Waals surface area contributed by atoms with Crippen molar-refractivity contribution in [3.05, 3.63) is 70.2 Å². The number of aliphatic hydroxyl groups excluding tert-OH is 1. The monoisotopic (exact) mass is 334 g/mol. The molecule has 0 bridgehead atoms. The maximum Gasteiger partial charge on any atom is 0.185 e. The lowest BCUT2D eigenvalue weighted by molar-refractivity contribution is -0.0739. The van der Waals surface area contributed by atoms with E-state index in [0.29, 0.717) is 0 Å². The Bertz CT molecular complexity index is 556. The molecule has 3 nitrogen and oxygen atoms in total. The first kappa shape index (κ1) is 13.8. The summed E-state index contributed by atoms with van der Waals surface area (Å²) in [4.78, 5) is 0. The fourth-order valence-electron chi connectivity index (χ4n) is 2.33. The van der Waals surface area contributed by atoms with Gasteiger partial charge in [0.2, 0.25) is 0 Å². The minimum atomic E-state index is -0.429. The maximum atomic E-state index is 9.50. The van der Waals surface area contributed by atoms with Crippen LogP contribution in [0.3, 0.4) is 0 Å². The minimum Gasteiger partial charge on any atom is -0.394 e. The standard InChI is InChI=1S/C16H15BrO3/c17-13-8-6-11(7-9-13)15-14(10-18)19-16(20-15)12-4-2-1-3-5-12/h1-9,14-16,18H,10H2. The Balaban J connectivity index is 1.83. The van der Waals surface area contributed by atoms with Crippen molar-refractivity contribution in [1.29, 1.82) is 0 Å². The van der Waals surface area contributed by atoms with Crippen LogP contribution in [0, 0.1) is 0 Å². The van der Waals surface area contributed by atoms with Crippen LogP contribution in [0.15, 0.2) is 59.1 Å². The summed E-state index contributed by atoms with van der Waals surface area (Å²) < 4.78 is 12.8. The molecule has 4 heteroatoms. The zero-order valence-electron chi connectivity index (χ0n) is 10.8. The molecule has 0 aromatic heterocycles. The molecule has 0 aliphatic carbocycles. The molecule has 1 aliphatic rings. The minimum absolute atomic E-state index is 0.0654. The molecule has 1 N–H and O–H groups in total. The van der Waals surface area contributed by atoms with E-state index >= 15 is 0 Å². The van der Waals surface area contributed by atoms with E-state index in [4.69, 9.17) is 9.47 Å². The normalized spacial score (nSPS) is 25.8. The Labute approximate surface area is 126 Å². The lowest BCUT2D eigenvalue weighted by atomic mass is 10.1. The van der Waals surface area contributed by atoms with Crippen LogP contribution in [-0.4, -0.2) is 17.8 Å². The Morgan fingerprint density at radius 3 is 2.25 bits per heavy atom. The first-order valence-corrected chi connectivity index (χ1v) is 7.29. The number of aliphatic hydroxyl groups is 1. The molecule has 3 unspecified atom stereocenters. The average Bonchev–Trinajstić information content (AvgIpc) is 2.93. The van der Waals surface area contributed by atoms with Crippen LogP contribution >= 0.6 is 15.9 Å². The third-order valence-electron chi connectivity index (χ3n) is 3.36. The fraction of sp³-hybridized carbons (Fsp3) is 0.250. The summed E-state index contributed by atoms with van der Waals surface area (Å²) in [5.74, 6) is 0. The molecular weight excluding hydrogens is 320 g/mol. The van der Waals surface area contributed by atoms with Crippen LogP contribution in [-0.2, 0) is 9.47 Å². The quantitative estimate of drug-likeness (QED) is 0.932. The number of hydrogen-bond donors (Lipinski definition) is 1. The van der Waals surface area contributed by atoms with E-state index in [0.717, 1.165) is 15.6 Å². The molecular formula is C16H15BrO3. The van der Waals surface area contributed by atoms with Crippen LogP contribution in [0.5, 0.6) is 0 Å². The Kier molecular flexibility index (Phi) is 4.17. The second-order valence-corrected chi connectivity index (χ2v) is 5.62. The molecule has 1 heterocycles. The van der Waals surface area contributed by atoms with E-state index in [2.05, 4.69) is 15.9 Å². The Morgan fingerprint density at radius 1 is 0.900 bits per heavy atom. The first-order valence-electron chi connectivity index (χ1n) is 6.50. The lowest BCUT2D eigenvalue weighted by Crippen LogP contribution is -2.19. The van der Waals surface area contributed by atoms with Crippen LogP contribution in [0.2, 0.25) is 0 Å². The Hall–Kier alpha value is -1.20. The van der Waals surface area contributed by atoms with Gasteiger partial charge in [0, 0.05) is 10.0 Å². The Morgan fingerprint density at radius 2 is 1.60 bits per heavy atom. The van der Waals surface area contributed by atoms with Gasteiger partial charge in [-0.05, 0) is 17.7 Å². The summed E-state index contributed by atoms with van der Waals surface area (Å²) >= 11 is 3.41. The second-order valence-electron chi connectivity index (χ2n) is 4.71. The summed E-state index contributed by atoms with van der Waals surface area (Å²) in [5.41, 5.74) is 1.97. The van der Waals surface area contributed by atoms with Crippen molar-refractivity contribution in [3.8, 4) is 0 Å². The molecule has 2 aromatic rings. The fourth-order valence-corrected chi connectivity index (χ4v) is 2.60. The van der Waals surface area contributed by atoms with E-state index < -0.39 is 6.29 Å². The summed E-state index contributed by atoms with van der Waals surface area (Å²) in [5, 5.41) is 9.50.